The van der Waals surface area contributed by atoms with Gasteiger partial charge < -0.3 is 19.3 Å². The molecule has 1 aromatic heterocycles. The van der Waals surface area contributed by atoms with Crippen molar-refractivity contribution in [3.8, 4) is 17.2 Å². The number of aliphatic hydroxyl groups is 1. The van der Waals surface area contributed by atoms with Crippen LogP contribution in [0.2, 0.25) is 0 Å². The highest BCUT2D eigenvalue weighted by molar-refractivity contribution is 5.66. The summed E-state index contributed by atoms with van der Waals surface area (Å²) in [6.45, 7) is 6.97. The topological polar surface area (TPSA) is 71.6 Å². The standard InChI is InChI=1S/C20H25N3O3/c1-3-4-15-11-16(19-21-14(2)22-26-19)5-6-18(15)25-13-20(24)12-23-9-7-17(20)8-10-23/h3-6,11,17,24H,7-10,12-13H2,1-2H3/b4-3-. The van der Waals surface area contributed by atoms with Gasteiger partial charge >= 0.3 is 0 Å². The van der Waals surface area contributed by atoms with Gasteiger partial charge in [-0.05, 0) is 63.9 Å². The number of ether oxygens (including phenoxy) is 1. The van der Waals surface area contributed by atoms with E-state index in [1.165, 1.54) is 0 Å². The maximum atomic E-state index is 11.1. The van der Waals surface area contributed by atoms with Crippen molar-refractivity contribution in [2.45, 2.75) is 32.3 Å². The summed E-state index contributed by atoms with van der Waals surface area (Å²) in [5, 5.41) is 14.9. The van der Waals surface area contributed by atoms with Crippen molar-refractivity contribution in [3.63, 3.8) is 0 Å². The lowest BCUT2D eigenvalue weighted by molar-refractivity contribution is -0.131. The van der Waals surface area contributed by atoms with Gasteiger partial charge in [0.15, 0.2) is 5.82 Å². The molecule has 0 amide bonds. The van der Waals surface area contributed by atoms with Gasteiger partial charge in [-0.3, -0.25) is 0 Å². The minimum Gasteiger partial charge on any atom is -0.490 e. The largest absolute Gasteiger partial charge is 0.490 e. The minimum atomic E-state index is -0.758. The molecule has 2 aromatic rings. The summed E-state index contributed by atoms with van der Waals surface area (Å²) in [6.07, 6.45) is 6.06. The van der Waals surface area contributed by atoms with Gasteiger partial charge in [0, 0.05) is 17.7 Å². The highest BCUT2D eigenvalue weighted by Crippen LogP contribution is 2.36. The molecule has 3 fully saturated rings. The van der Waals surface area contributed by atoms with Crippen molar-refractivity contribution in [2.24, 2.45) is 5.92 Å². The van der Waals surface area contributed by atoms with Gasteiger partial charge in [-0.15, -0.1) is 0 Å². The lowest BCUT2D eigenvalue weighted by atomic mass is 9.76. The Hall–Kier alpha value is -2.18. The summed E-state index contributed by atoms with van der Waals surface area (Å²) in [7, 11) is 0. The highest BCUT2D eigenvalue weighted by atomic mass is 16.5. The fourth-order valence-corrected chi connectivity index (χ4v) is 4.05. The molecule has 0 aliphatic carbocycles. The first kappa shape index (κ1) is 17.2. The molecular weight excluding hydrogens is 330 g/mol. The van der Waals surface area contributed by atoms with Gasteiger partial charge in [-0.2, -0.15) is 4.98 Å². The third-order valence-corrected chi connectivity index (χ3v) is 5.45. The summed E-state index contributed by atoms with van der Waals surface area (Å²) in [5.74, 6) is 2.19. The van der Waals surface area contributed by atoms with Gasteiger partial charge in [0.05, 0.1) is 0 Å². The molecule has 26 heavy (non-hydrogen) atoms. The molecule has 1 atom stereocenters. The Morgan fingerprint density at radius 1 is 1.38 bits per heavy atom. The zero-order valence-corrected chi connectivity index (χ0v) is 15.3. The van der Waals surface area contributed by atoms with Crippen LogP contribution in [-0.2, 0) is 0 Å². The number of hydrogen-bond donors (Lipinski definition) is 1. The molecule has 1 N–H and O–H groups in total. The number of aryl methyl sites for hydroxylation is 1. The number of fused-ring (bicyclic) bond motifs is 3. The van der Waals surface area contributed by atoms with E-state index in [9.17, 15) is 5.11 Å². The lowest BCUT2D eigenvalue weighted by Crippen LogP contribution is -2.61. The third kappa shape index (κ3) is 3.27. The van der Waals surface area contributed by atoms with Crippen molar-refractivity contribution >= 4 is 6.08 Å². The number of hydrogen-bond acceptors (Lipinski definition) is 6. The molecule has 2 bridgehead atoms. The van der Waals surface area contributed by atoms with E-state index in [2.05, 4.69) is 15.0 Å². The summed E-state index contributed by atoms with van der Waals surface area (Å²) in [4.78, 5) is 6.61. The quantitative estimate of drug-likeness (QED) is 0.889. The van der Waals surface area contributed by atoms with Crippen molar-refractivity contribution < 1.29 is 14.4 Å². The Morgan fingerprint density at radius 2 is 2.19 bits per heavy atom. The minimum absolute atomic E-state index is 0.317. The van der Waals surface area contributed by atoms with Crippen LogP contribution in [0, 0.1) is 12.8 Å². The summed E-state index contributed by atoms with van der Waals surface area (Å²) in [5.41, 5.74) is 1.03. The fourth-order valence-electron chi connectivity index (χ4n) is 4.05. The molecule has 1 aromatic carbocycles. The third-order valence-electron chi connectivity index (χ3n) is 5.45. The molecule has 0 radical (unpaired) electrons. The second kappa shape index (κ2) is 6.85. The highest BCUT2D eigenvalue weighted by Gasteiger charge is 2.46. The molecule has 4 heterocycles. The SMILES string of the molecule is C/C=C\c1cc(-c2nc(C)no2)ccc1OCC1(O)CN2CCC1CC2. The van der Waals surface area contributed by atoms with Gasteiger partial charge in [0.2, 0.25) is 0 Å². The van der Waals surface area contributed by atoms with E-state index in [1.807, 2.05) is 37.3 Å². The zero-order valence-electron chi connectivity index (χ0n) is 15.3. The van der Waals surface area contributed by atoms with Crippen molar-refractivity contribution in [2.75, 3.05) is 26.2 Å². The first-order valence-corrected chi connectivity index (χ1v) is 9.22. The molecule has 0 saturated carbocycles. The second-order valence-electron chi connectivity index (χ2n) is 7.34. The van der Waals surface area contributed by atoms with Crippen LogP contribution in [0.1, 0.15) is 31.2 Å². The predicted octanol–water partition coefficient (Wildman–Crippen LogP) is 2.91. The van der Waals surface area contributed by atoms with Crippen LogP contribution in [0.25, 0.3) is 17.5 Å². The number of piperidine rings is 3. The molecule has 138 valence electrons. The zero-order chi connectivity index (χ0) is 18.1. The van der Waals surface area contributed by atoms with Crippen LogP contribution in [0.15, 0.2) is 28.8 Å². The first-order valence-electron chi connectivity index (χ1n) is 9.22. The number of nitrogens with zero attached hydrogens (tertiary/aromatic N) is 3. The Kier molecular flexibility index (Phi) is 4.54. The second-order valence-corrected chi connectivity index (χ2v) is 7.34. The Balaban J connectivity index is 1.54. The molecular formula is C20H25N3O3. The summed E-state index contributed by atoms with van der Waals surface area (Å²) < 4.78 is 11.3. The van der Waals surface area contributed by atoms with Gasteiger partial charge in [0.1, 0.15) is 18.0 Å². The molecule has 6 heteroatoms. The van der Waals surface area contributed by atoms with Crippen LogP contribution in [0.3, 0.4) is 0 Å². The van der Waals surface area contributed by atoms with E-state index in [-0.39, 0.29) is 0 Å². The molecule has 6 nitrogen and oxygen atoms in total. The molecule has 1 unspecified atom stereocenters. The van der Waals surface area contributed by atoms with Crippen molar-refractivity contribution in [1.29, 1.82) is 0 Å². The average Bonchev–Trinajstić information content (AvgIpc) is 3.08. The van der Waals surface area contributed by atoms with Crippen LogP contribution >= 0.6 is 0 Å². The number of rotatable bonds is 5. The van der Waals surface area contributed by atoms with E-state index in [4.69, 9.17) is 9.26 Å². The maximum absolute atomic E-state index is 11.1. The Morgan fingerprint density at radius 3 is 2.81 bits per heavy atom. The normalized spacial score (nSPS) is 28.0. The Bertz CT molecular complexity index is 808. The van der Waals surface area contributed by atoms with Crippen LogP contribution < -0.4 is 4.74 Å². The smallest absolute Gasteiger partial charge is 0.257 e. The van der Waals surface area contributed by atoms with Crippen LogP contribution in [0.5, 0.6) is 5.75 Å². The number of aromatic nitrogens is 2. The van der Waals surface area contributed by atoms with E-state index >= 15 is 0 Å². The lowest BCUT2D eigenvalue weighted by Gasteiger charge is -2.50. The van der Waals surface area contributed by atoms with E-state index in [0.29, 0.717) is 30.8 Å². The molecule has 3 saturated heterocycles. The number of allylic oxidation sites excluding steroid dienone is 1. The average molecular weight is 355 g/mol. The van der Waals surface area contributed by atoms with E-state index < -0.39 is 5.60 Å². The van der Waals surface area contributed by atoms with Gasteiger partial charge in [-0.1, -0.05) is 17.3 Å². The summed E-state index contributed by atoms with van der Waals surface area (Å²) >= 11 is 0. The van der Waals surface area contributed by atoms with Crippen LogP contribution in [-0.4, -0.2) is 52.0 Å². The predicted molar refractivity (Wildman–Crippen MR) is 98.8 cm³/mol. The summed E-state index contributed by atoms with van der Waals surface area (Å²) in [6, 6.07) is 5.80. The van der Waals surface area contributed by atoms with Crippen molar-refractivity contribution in [3.05, 3.63) is 35.7 Å². The maximum Gasteiger partial charge on any atom is 0.257 e. The molecule has 0 spiro atoms. The molecule has 3 aliphatic heterocycles. The van der Waals surface area contributed by atoms with E-state index in [1.54, 1.807) is 6.92 Å². The van der Waals surface area contributed by atoms with Gasteiger partial charge in [-0.25, -0.2) is 0 Å². The van der Waals surface area contributed by atoms with Crippen molar-refractivity contribution in [1.82, 2.24) is 15.0 Å². The van der Waals surface area contributed by atoms with E-state index in [0.717, 1.165) is 42.8 Å². The Labute approximate surface area is 153 Å². The molecule has 3 aliphatic rings. The molecule has 5 rings (SSSR count). The monoisotopic (exact) mass is 355 g/mol. The van der Waals surface area contributed by atoms with Gasteiger partial charge in [0.25, 0.3) is 5.89 Å². The fraction of sp³-hybridized carbons (Fsp3) is 0.500. The van der Waals surface area contributed by atoms with Crippen LogP contribution in [0.4, 0.5) is 0 Å². The number of benzene rings is 1. The first-order chi connectivity index (χ1) is 12.6.